The average molecular weight is 359 g/mol. The Hall–Kier alpha value is -3.15. The highest BCUT2D eigenvalue weighted by Gasteiger charge is 2.27. The summed E-state index contributed by atoms with van der Waals surface area (Å²) in [6, 6.07) is 12.6. The topological polar surface area (TPSA) is 78.8 Å². The fraction of sp³-hybridized carbons (Fsp3) is 0.286. The van der Waals surface area contributed by atoms with E-state index in [0.29, 0.717) is 17.8 Å². The first-order chi connectivity index (χ1) is 13.3. The summed E-state index contributed by atoms with van der Waals surface area (Å²) < 4.78 is 8.32. The molecule has 0 bridgehead atoms. The molecule has 2 N–H and O–H groups in total. The molecule has 1 fully saturated rings. The predicted octanol–water partition coefficient (Wildman–Crippen LogP) is 3.98. The lowest BCUT2D eigenvalue weighted by Gasteiger charge is -2.15. The van der Waals surface area contributed by atoms with Crippen molar-refractivity contribution in [3.63, 3.8) is 0 Å². The molecular formula is C21H21N5O. The summed E-state index contributed by atoms with van der Waals surface area (Å²) in [4.78, 5) is 12.9. The molecule has 0 spiro atoms. The zero-order valence-corrected chi connectivity index (χ0v) is 15.0. The first-order valence-corrected chi connectivity index (χ1v) is 9.32. The van der Waals surface area contributed by atoms with E-state index in [2.05, 4.69) is 37.8 Å². The molecule has 3 heterocycles. The molecule has 0 aliphatic heterocycles. The summed E-state index contributed by atoms with van der Waals surface area (Å²) in [6.07, 6.45) is 8.79. The van der Waals surface area contributed by atoms with Crippen molar-refractivity contribution in [1.82, 2.24) is 19.5 Å². The van der Waals surface area contributed by atoms with Crippen LogP contribution in [0, 0.1) is 5.92 Å². The van der Waals surface area contributed by atoms with Crippen LogP contribution in [0.15, 0.2) is 55.1 Å². The largest absolute Gasteiger partial charge is 0.493 e. The first kappa shape index (κ1) is 16.1. The summed E-state index contributed by atoms with van der Waals surface area (Å²) in [5.41, 5.74) is 7.85. The Balaban J connectivity index is 1.27. The minimum absolute atomic E-state index is 0.434. The molecule has 0 amide bonds. The van der Waals surface area contributed by atoms with Crippen LogP contribution in [-0.4, -0.2) is 26.1 Å². The SMILES string of the molecule is Nc1ncnc2c1ccn2[C@H]1CC[C@@H](COc2ccc3cccnc3c2)C1. The second-order valence-electron chi connectivity index (χ2n) is 7.22. The van der Waals surface area contributed by atoms with Crippen molar-refractivity contribution in [1.29, 1.82) is 0 Å². The number of benzene rings is 1. The van der Waals surface area contributed by atoms with Gasteiger partial charge in [-0.1, -0.05) is 6.07 Å². The Labute approximate surface area is 157 Å². The van der Waals surface area contributed by atoms with Crippen LogP contribution in [0.5, 0.6) is 5.75 Å². The minimum atomic E-state index is 0.434. The van der Waals surface area contributed by atoms with Gasteiger partial charge in [-0.25, -0.2) is 9.97 Å². The second kappa shape index (κ2) is 6.54. The third kappa shape index (κ3) is 2.97. The van der Waals surface area contributed by atoms with Crippen molar-refractivity contribution in [3.05, 3.63) is 55.1 Å². The van der Waals surface area contributed by atoms with Gasteiger partial charge in [0.1, 0.15) is 23.5 Å². The zero-order valence-electron chi connectivity index (χ0n) is 15.0. The van der Waals surface area contributed by atoms with Gasteiger partial charge in [-0.3, -0.25) is 4.98 Å². The van der Waals surface area contributed by atoms with E-state index in [1.165, 1.54) is 6.33 Å². The second-order valence-corrected chi connectivity index (χ2v) is 7.22. The molecule has 4 aromatic rings. The van der Waals surface area contributed by atoms with Crippen molar-refractivity contribution < 1.29 is 4.74 Å². The Morgan fingerprint density at radius 1 is 1.11 bits per heavy atom. The number of nitrogen functional groups attached to an aromatic ring is 1. The van der Waals surface area contributed by atoms with Gasteiger partial charge in [0.25, 0.3) is 0 Å². The molecule has 6 nitrogen and oxygen atoms in total. The van der Waals surface area contributed by atoms with E-state index in [4.69, 9.17) is 10.5 Å². The third-order valence-corrected chi connectivity index (χ3v) is 5.51. The highest BCUT2D eigenvalue weighted by atomic mass is 16.5. The van der Waals surface area contributed by atoms with Gasteiger partial charge in [0.2, 0.25) is 0 Å². The molecule has 5 rings (SSSR count). The molecule has 0 radical (unpaired) electrons. The fourth-order valence-corrected chi connectivity index (χ4v) is 4.09. The van der Waals surface area contributed by atoms with Crippen molar-refractivity contribution in [2.24, 2.45) is 5.92 Å². The lowest BCUT2D eigenvalue weighted by molar-refractivity contribution is 0.248. The summed E-state index contributed by atoms with van der Waals surface area (Å²) in [5, 5.41) is 2.06. The van der Waals surface area contributed by atoms with Gasteiger partial charge in [0.05, 0.1) is 17.5 Å². The van der Waals surface area contributed by atoms with Crippen LogP contribution in [-0.2, 0) is 0 Å². The van der Waals surface area contributed by atoms with Crippen LogP contribution in [0.1, 0.15) is 25.3 Å². The molecular weight excluding hydrogens is 338 g/mol. The number of nitrogens with zero attached hydrogens (tertiary/aromatic N) is 4. The van der Waals surface area contributed by atoms with E-state index in [-0.39, 0.29) is 0 Å². The van der Waals surface area contributed by atoms with Gasteiger partial charge in [-0.15, -0.1) is 0 Å². The average Bonchev–Trinajstić information content (AvgIpc) is 3.33. The van der Waals surface area contributed by atoms with Gasteiger partial charge in [-0.05, 0) is 49.4 Å². The van der Waals surface area contributed by atoms with E-state index in [1.807, 2.05) is 30.5 Å². The highest BCUT2D eigenvalue weighted by molar-refractivity contribution is 5.86. The van der Waals surface area contributed by atoms with E-state index in [9.17, 15) is 0 Å². The molecule has 3 aromatic heterocycles. The van der Waals surface area contributed by atoms with Gasteiger partial charge in [0.15, 0.2) is 0 Å². The van der Waals surface area contributed by atoms with Gasteiger partial charge >= 0.3 is 0 Å². The number of hydrogen-bond acceptors (Lipinski definition) is 5. The Kier molecular flexibility index (Phi) is 3.89. The Morgan fingerprint density at radius 3 is 3.04 bits per heavy atom. The van der Waals surface area contributed by atoms with Gasteiger partial charge in [0, 0.05) is 29.9 Å². The van der Waals surface area contributed by atoms with Crippen molar-refractivity contribution in [2.75, 3.05) is 12.3 Å². The van der Waals surface area contributed by atoms with Crippen LogP contribution < -0.4 is 10.5 Å². The molecule has 0 unspecified atom stereocenters. The number of ether oxygens (including phenoxy) is 1. The Morgan fingerprint density at radius 2 is 2.07 bits per heavy atom. The molecule has 1 saturated carbocycles. The maximum atomic E-state index is 6.08. The van der Waals surface area contributed by atoms with E-state index in [1.54, 1.807) is 0 Å². The maximum absolute atomic E-state index is 6.08. The molecule has 6 heteroatoms. The summed E-state index contributed by atoms with van der Waals surface area (Å²) >= 11 is 0. The van der Waals surface area contributed by atoms with Crippen LogP contribution >= 0.6 is 0 Å². The summed E-state index contributed by atoms with van der Waals surface area (Å²) in [5.74, 6) is 1.96. The summed E-state index contributed by atoms with van der Waals surface area (Å²) in [7, 11) is 0. The maximum Gasteiger partial charge on any atom is 0.145 e. The first-order valence-electron chi connectivity index (χ1n) is 9.32. The third-order valence-electron chi connectivity index (χ3n) is 5.51. The van der Waals surface area contributed by atoms with Crippen molar-refractivity contribution in [3.8, 4) is 5.75 Å². The van der Waals surface area contributed by atoms with Gasteiger partial charge < -0.3 is 15.0 Å². The van der Waals surface area contributed by atoms with Crippen LogP contribution in [0.4, 0.5) is 5.82 Å². The van der Waals surface area contributed by atoms with E-state index in [0.717, 1.165) is 53.6 Å². The lowest BCUT2D eigenvalue weighted by atomic mass is 10.1. The number of fused-ring (bicyclic) bond motifs is 2. The van der Waals surface area contributed by atoms with Crippen LogP contribution in [0.25, 0.3) is 21.9 Å². The molecule has 1 aliphatic carbocycles. The normalized spacial score (nSPS) is 19.7. The van der Waals surface area contributed by atoms with E-state index >= 15 is 0 Å². The number of nitrogens with two attached hydrogens (primary N) is 1. The number of rotatable bonds is 4. The van der Waals surface area contributed by atoms with E-state index < -0.39 is 0 Å². The molecule has 1 aliphatic rings. The molecule has 136 valence electrons. The monoisotopic (exact) mass is 359 g/mol. The number of hydrogen-bond donors (Lipinski definition) is 1. The predicted molar refractivity (Wildman–Crippen MR) is 106 cm³/mol. The van der Waals surface area contributed by atoms with Crippen molar-refractivity contribution in [2.45, 2.75) is 25.3 Å². The molecule has 27 heavy (non-hydrogen) atoms. The van der Waals surface area contributed by atoms with Crippen molar-refractivity contribution >= 4 is 27.8 Å². The molecule has 0 saturated heterocycles. The van der Waals surface area contributed by atoms with Crippen LogP contribution in [0.2, 0.25) is 0 Å². The number of pyridine rings is 1. The number of aromatic nitrogens is 4. The van der Waals surface area contributed by atoms with Crippen LogP contribution in [0.3, 0.4) is 0 Å². The standard InChI is InChI=1S/C21H21N5O/c22-20-18-7-9-26(21(18)25-13-24-20)16-5-3-14(10-16)12-27-17-6-4-15-2-1-8-23-19(15)11-17/h1-2,4,6-9,11,13-14,16H,3,5,10,12H2,(H2,22,24,25)/t14-,16+/m1/s1. The quantitative estimate of drug-likeness (QED) is 0.596. The zero-order chi connectivity index (χ0) is 18.2. The van der Waals surface area contributed by atoms with Gasteiger partial charge in [-0.2, -0.15) is 0 Å². The fourth-order valence-electron chi connectivity index (χ4n) is 4.09. The Bertz CT molecular complexity index is 1110. The smallest absolute Gasteiger partial charge is 0.145 e. The number of anilines is 1. The highest BCUT2D eigenvalue weighted by Crippen LogP contribution is 2.37. The summed E-state index contributed by atoms with van der Waals surface area (Å²) in [6.45, 7) is 0.727. The molecule has 1 aromatic carbocycles. The molecule has 2 atom stereocenters. The lowest BCUT2D eigenvalue weighted by Crippen LogP contribution is -2.10. The minimum Gasteiger partial charge on any atom is -0.493 e.